The molecular formula is C14H11FN4O. The van der Waals surface area contributed by atoms with Gasteiger partial charge in [0, 0.05) is 11.1 Å². The van der Waals surface area contributed by atoms with E-state index in [1.165, 1.54) is 16.8 Å². The lowest BCUT2D eigenvalue weighted by molar-refractivity contribution is 0.1000. The summed E-state index contributed by atoms with van der Waals surface area (Å²) in [5.74, 6) is -1.24. The Hall–Kier alpha value is -2.89. The van der Waals surface area contributed by atoms with Crippen LogP contribution in [0.3, 0.4) is 0 Å². The minimum absolute atomic E-state index is 0.0671. The highest BCUT2D eigenvalue weighted by Gasteiger charge is 2.14. The van der Waals surface area contributed by atoms with Crippen molar-refractivity contribution in [1.82, 2.24) is 9.78 Å². The number of nitrogen functional groups attached to an aromatic ring is 1. The molecule has 0 aliphatic carbocycles. The minimum atomic E-state index is -0.716. The zero-order valence-corrected chi connectivity index (χ0v) is 10.4. The van der Waals surface area contributed by atoms with E-state index in [1.54, 1.807) is 18.3 Å². The molecule has 3 aromatic rings. The first-order chi connectivity index (χ1) is 9.56. The summed E-state index contributed by atoms with van der Waals surface area (Å²) in [6, 6.07) is 9.12. The topological polar surface area (TPSA) is 86.9 Å². The van der Waals surface area contributed by atoms with E-state index >= 15 is 0 Å². The number of hydrogen-bond donors (Lipinski definition) is 2. The molecule has 6 heteroatoms. The number of nitrogens with zero attached hydrogens (tertiary/aromatic N) is 2. The predicted octanol–water partition coefficient (Wildman–Crippen LogP) is 1.85. The Labute approximate surface area is 113 Å². The first-order valence-electron chi connectivity index (χ1n) is 5.89. The summed E-state index contributed by atoms with van der Waals surface area (Å²) >= 11 is 0. The molecule has 100 valence electrons. The second-order valence-corrected chi connectivity index (χ2v) is 4.40. The van der Waals surface area contributed by atoms with E-state index in [0.29, 0.717) is 11.4 Å². The molecule has 1 aromatic heterocycles. The summed E-state index contributed by atoms with van der Waals surface area (Å²) in [7, 11) is 0. The molecule has 0 radical (unpaired) electrons. The quantitative estimate of drug-likeness (QED) is 0.696. The van der Waals surface area contributed by atoms with Crippen molar-refractivity contribution in [2.24, 2.45) is 5.73 Å². The Bertz CT molecular complexity index is 825. The third-order valence-electron chi connectivity index (χ3n) is 3.05. The number of aromatic nitrogens is 2. The maximum atomic E-state index is 13.3. The maximum Gasteiger partial charge on any atom is 0.250 e. The number of primary amides is 1. The third kappa shape index (κ3) is 1.87. The van der Waals surface area contributed by atoms with Crippen LogP contribution in [0.25, 0.3) is 16.6 Å². The molecule has 0 atom stereocenters. The Kier molecular flexibility index (Phi) is 2.64. The Morgan fingerprint density at radius 3 is 2.75 bits per heavy atom. The highest BCUT2D eigenvalue weighted by molar-refractivity contribution is 5.97. The maximum absolute atomic E-state index is 13.3. The number of carbonyl (C=O) groups excluding carboxylic acids is 1. The van der Waals surface area contributed by atoms with E-state index in [1.807, 2.05) is 6.07 Å². The van der Waals surface area contributed by atoms with Gasteiger partial charge >= 0.3 is 0 Å². The molecule has 2 aromatic carbocycles. The van der Waals surface area contributed by atoms with Crippen molar-refractivity contribution in [3.8, 4) is 5.69 Å². The van der Waals surface area contributed by atoms with Crippen molar-refractivity contribution in [3.05, 3.63) is 54.0 Å². The monoisotopic (exact) mass is 270 g/mol. The van der Waals surface area contributed by atoms with Gasteiger partial charge in [-0.1, -0.05) is 0 Å². The molecule has 0 unspecified atom stereocenters. The van der Waals surface area contributed by atoms with Gasteiger partial charge in [-0.15, -0.1) is 0 Å². The number of rotatable bonds is 2. The van der Waals surface area contributed by atoms with Gasteiger partial charge in [-0.2, -0.15) is 5.10 Å². The Balaban J connectivity index is 2.31. The number of amides is 1. The zero-order valence-electron chi connectivity index (χ0n) is 10.4. The van der Waals surface area contributed by atoms with Crippen molar-refractivity contribution in [3.63, 3.8) is 0 Å². The lowest BCUT2D eigenvalue weighted by Gasteiger charge is -2.08. The van der Waals surface area contributed by atoms with Gasteiger partial charge in [0.2, 0.25) is 0 Å². The molecule has 20 heavy (non-hydrogen) atoms. The van der Waals surface area contributed by atoms with E-state index in [2.05, 4.69) is 5.10 Å². The number of nitrogens with two attached hydrogens (primary N) is 2. The van der Waals surface area contributed by atoms with Crippen molar-refractivity contribution < 1.29 is 9.18 Å². The van der Waals surface area contributed by atoms with E-state index < -0.39 is 11.7 Å². The summed E-state index contributed by atoms with van der Waals surface area (Å²) in [5, 5.41) is 5.07. The number of carbonyl (C=O) groups is 1. The van der Waals surface area contributed by atoms with Gasteiger partial charge in [0.1, 0.15) is 5.82 Å². The van der Waals surface area contributed by atoms with Gasteiger partial charge in [-0.3, -0.25) is 4.79 Å². The number of halogens is 1. The summed E-state index contributed by atoms with van der Waals surface area (Å²) in [6.45, 7) is 0. The molecule has 0 aliphatic rings. The molecule has 3 rings (SSSR count). The fourth-order valence-electron chi connectivity index (χ4n) is 2.12. The molecule has 0 saturated heterocycles. The highest BCUT2D eigenvalue weighted by atomic mass is 19.1. The second kappa shape index (κ2) is 4.34. The summed E-state index contributed by atoms with van der Waals surface area (Å²) in [5.41, 5.74) is 12.8. The average Bonchev–Trinajstić information content (AvgIpc) is 2.81. The minimum Gasteiger partial charge on any atom is -0.399 e. The van der Waals surface area contributed by atoms with Crippen LogP contribution in [0.1, 0.15) is 10.4 Å². The number of fused-ring (bicyclic) bond motifs is 1. The Morgan fingerprint density at radius 2 is 2.00 bits per heavy atom. The van der Waals surface area contributed by atoms with Crippen LogP contribution >= 0.6 is 0 Å². The summed E-state index contributed by atoms with van der Waals surface area (Å²) < 4.78 is 14.8. The van der Waals surface area contributed by atoms with Crippen molar-refractivity contribution in [2.45, 2.75) is 0 Å². The Morgan fingerprint density at radius 1 is 1.20 bits per heavy atom. The van der Waals surface area contributed by atoms with E-state index in [0.717, 1.165) is 17.0 Å². The smallest absolute Gasteiger partial charge is 0.250 e. The molecule has 0 spiro atoms. The van der Waals surface area contributed by atoms with Crippen LogP contribution in [0.2, 0.25) is 0 Å². The second-order valence-electron chi connectivity index (χ2n) is 4.40. The van der Waals surface area contributed by atoms with Crippen LogP contribution in [-0.2, 0) is 0 Å². The van der Waals surface area contributed by atoms with Crippen molar-refractivity contribution in [2.75, 3.05) is 5.73 Å². The fraction of sp³-hybridized carbons (Fsp3) is 0. The first kappa shape index (κ1) is 12.2. The number of benzene rings is 2. The van der Waals surface area contributed by atoms with Crippen LogP contribution in [0.4, 0.5) is 10.1 Å². The fourth-order valence-corrected chi connectivity index (χ4v) is 2.12. The van der Waals surface area contributed by atoms with Crippen LogP contribution < -0.4 is 11.5 Å². The van der Waals surface area contributed by atoms with Crippen LogP contribution in [0.15, 0.2) is 42.6 Å². The molecule has 0 fully saturated rings. The first-order valence-corrected chi connectivity index (χ1v) is 5.89. The van der Waals surface area contributed by atoms with E-state index in [-0.39, 0.29) is 5.56 Å². The van der Waals surface area contributed by atoms with Crippen molar-refractivity contribution >= 4 is 22.5 Å². The lowest BCUT2D eigenvalue weighted by atomic mass is 10.1. The predicted molar refractivity (Wildman–Crippen MR) is 74.0 cm³/mol. The lowest BCUT2D eigenvalue weighted by Crippen LogP contribution is -2.15. The SMILES string of the molecule is NC(=O)c1cc(F)ccc1-n1ncc2ccc(N)cc21. The average molecular weight is 270 g/mol. The molecule has 4 N–H and O–H groups in total. The van der Waals surface area contributed by atoms with E-state index in [9.17, 15) is 9.18 Å². The summed E-state index contributed by atoms with van der Waals surface area (Å²) in [4.78, 5) is 11.5. The third-order valence-corrected chi connectivity index (χ3v) is 3.05. The highest BCUT2D eigenvalue weighted by Crippen LogP contribution is 2.23. The largest absolute Gasteiger partial charge is 0.399 e. The van der Waals surface area contributed by atoms with E-state index in [4.69, 9.17) is 11.5 Å². The van der Waals surface area contributed by atoms with Gasteiger partial charge in [-0.05, 0) is 36.4 Å². The van der Waals surface area contributed by atoms with Gasteiger partial charge < -0.3 is 11.5 Å². The molecule has 0 aliphatic heterocycles. The molecule has 1 amide bonds. The van der Waals surface area contributed by atoms with Crippen LogP contribution in [-0.4, -0.2) is 15.7 Å². The van der Waals surface area contributed by atoms with Gasteiger partial charge in [-0.25, -0.2) is 9.07 Å². The van der Waals surface area contributed by atoms with Crippen LogP contribution in [0.5, 0.6) is 0 Å². The van der Waals surface area contributed by atoms with Gasteiger partial charge in [0.25, 0.3) is 5.91 Å². The standard InChI is InChI=1S/C14H11FN4O/c15-9-2-4-12(11(5-9)14(17)20)19-13-6-10(16)3-1-8(13)7-18-19/h1-7H,16H2,(H2,17,20). The van der Waals surface area contributed by atoms with Gasteiger partial charge in [0.05, 0.1) is 23.0 Å². The normalized spacial score (nSPS) is 10.8. The molecule has 1 heterocycles. The van der Waals surface area contributed by atoms with Crippen LogP contribution in [0, 0.1) is 5.82 Å². The zero-order chi connectivity index (χ0) is 14.3. The molecule has 5 nitrogen and oxygen atoms in total. The molecule has 0 bridgehead atoms. The van der Waals surface area contributed by atoms with Crippen molar-refractivity contribution in [1.29, 1.82) is 0 Å². The summed E-state index contributed by atoms with van der Waals surface area (Å²) in [6.07, 6.45) is 1.64. The number of hydrogen-bond acceptors (Lipinski definition) is 3. The molecular weight excluding hydrogens is 259 g/mol. The number of anilines is 1. The van der Waals surface area contributed by atoms with Gasteiger partial charge in [0.15, 0.2) is 0 Å². The molecule has 0 saturated carbocycles.